The van der Waals surface area contributed by atoms with Crippen molar-refractivity contribution in [3.05, 3.63) is 72.0 Å². The third-order valence-corrected chi connectivity index (χ3v) is 7.48. The number of para-hydroxylation sites is 1. The fourth-order valence-electron chi connectivity index (χ4n) is 5.22. The Morgan fingerprint density at radius 2 is 1.78 bits per heavy atom. The zero-order valence-corrected chi connectivity index (χ0v) is 24.3. The maximum atomic E-state index is 12.2. The van der Waals surface area contributed by atoms with E-state index in [1.165, 1.54) is 49.6 Å². The van der Waals surface area contributed by atoms with E-state index in [1.807, 2.05) is 6.08 Å². The van der Waals surface area contributed by atoms with Crippen molar-refractivity contribution >= 4 is 28.9 Å². The van der Waals surface area contributed by atoms with Crippen LogP contribution in [0.15, 0.2) is 60.8 Å². The van der Waals surface area contributed by atoms with E-state index in [-0.39, 0.29) is 24.0 Å². The molecule has 0 bridgehead atoms. The molecule has 1 fully saturated rings. The lowest BCUT2D eigenvalue weighted by molar-refractivity contribution is -0.134. The first kappa shape index (κ1) is 29.9. The number of esters is 1. The van der Waals surface area contributed by atoms with Crippen molar-refractivity contribution in [2.24, 2.45) is 0 Å². The highest BCUT2D eigenvalue weighted by atomic mass is 16.6. The minimum atomic E-state index is -0.374. The number of ether oxygens (including phenoxy) is 3. The van der Waals surface area contributed by atoms with Crippen LogP contribution in [0.2, 0.25) is 0 Å². The van der Waals surface area contributed by atoms with Crippen molar-refractivity contribution in [1.29, 1.82) is 0 Å². The number of unbranched alkanes of at least 4 members (excludes halogenated alkanes) is 1. The highest BCUT2D eigenvalue weighted by Crippen LogP contribution is 2.39. The van der Waals surface area contributed by atoms with Crippen LogP contribution in [-0.2, 0) is 9.59 Å². The molecule has 1 aromatic heterocycles. The molecular formula is C33H41N3O5. The van der Waals surface area contributed by atoms with E-state index >= 15 is 0 Å². The summed E-state index contributed by atoms with van der Waals surface area (Å²) in [5.41, 5.74) is 3.46. The zero-order valence-electron chi connectivity index (χ0n) is 24.3. The summed E-state index contributed by atoms with van der Waals surface area (Å²) in [6.45, 7) is 5.69. The number of methoxy groups -OCH3 is 2. The van der Waals surface area contributed by atoms with Gasteiger partial charge in [-0.2, -0.15) is 0 Å². The number of piperidine rings is 1. The number of fused-ring (bicyclic) bond motifs is 1. The number of benzene rings is 2. The monoisotopic (exact) mass is 559 g/mol. The number of aromatic nitrogens is 1. The molecule has 4 rings (SSSR count). The van der Waals surface area contributed by atoms with Crippen LogP contribution < -0.4 is 19.5 Å². The summed E-state index contributed by atoms with van der Waals surface area (Å²) >= 11 is 0. The lowest BCUT2D eigenvalue weighted by atomic mass is 9.89. The van der Waals surface area contributed by atoms with Crippen LogP contribution in [-0.4, -0.2) is 62.2 Å². The topological polar surface area (TPSA) is 92.9 Å². The van der Waals surface area contributed by atoms with Gasteiger partial charge in [-0.25, -0.2) is 0 Å². The molecule has 2 heterocycles. The van der Waals surface area contributed by atoms with E-state index in [0.29, 0.717) is 24.0 Å². The summed E-state index contributed by atoms with van der Waals surface area (Å²) < 4.78 is 16.1. The molecule has 2 N–H and O–H groups in total. The average molecular weight is 560 g/mol. The molecule has 0 aliphatic carbocycles. The largest absolute Gasteiger partial charge is 0.493 e. The van der Waals surface area contributed by atoms with Crippen LogP contribution in [0.5, 0.6) is 17.2 Å². The second-order valence-electron chi connectivity index (χ2n) is 10.2. The maximum absolute atomic E-state index is 12.2. The summed E-state index contributed by atoms with van der Waals surface area (Å²) in [5, 5.41) is 4.32. The summed E-state index contributed by atoms with van der Waals surface area (Å²) in [4.78, 5) is 29.9. The molecule has 0 unspecified atom stereocenters. The Labute approximate surface area is 242 Å². The Balaban J connectivity index is 1.14. The molecule has 2 aromatic carbocycles. The van der Waals surface area contributed by atoms with Crippen LogP contribution in [0.4, 0.5) is 0 Å². The SMILES string of the molecule is CCC(=O)Oc1c(OC)cc(/C=C/C=C/C(=O)NCCCCN2CCC(c3c[nH]c4ccccc34)CC2)cc1OC. The van der Waals surface area contributed by atoms with Crippen molar-refractivity contribution < 1.29 is 23.8 Å². The van der Waals surface area contributed by atoms with E-state index in [2.05, 4.69) is 45.7 Å². The third kappa shape index (κ3) is 8.24. The molecule has 1 aliphatic heterocycles. The van der Waals surface area contributed by atoms with Gasteiger partial charge in [0.1, 0.15) is 0 Å². The zero-order chi connectivity index (χ0) is 29.0. The first-order valence-corrected chi connectivity index (χ1v) is 14.4. The number of nitrogens with one attached hydrogen (secondary N) is 2. The standard InChI is InChI=1S/C33H41N3O5/c1-4-32(38)41-33-29(39-2)21-24(22-30(33)40-3)11-5-8-14-31(37)34-17-9-10-18-36-19-15-25(16-20-36)27-23-35-28-13-7-6-12-26(27)28/h5-8,11-14,21-23,25,35H,4,9-10,15-20H2,1-3H3,(H,34,37)/b11-5+,14-8+. The number of carbonyl (C=O) groups is 2. The lowest BCUT2D eigenvalue weighted by Gasteiger charge is -2.32. The van der Waals surface area contributed by atoms with Crippen LogP contribution >= 0.6 is 0 Å². The predicted molar refractivity (Wildman–Crippen MR) is 163 cm³/mol. The highest BCUT2D eigenvalue weighted by Gasteiger charge is 2.22. The number of likely N-dealkylation sites (tertiary alicyclic amines) is 1. The van der Waals surface area contributed by atoms with E-state index < -0.39 is 0 Å². The van der Waals surface area contributed by atoms with Crippen molar-refractivity contribution in [1.82, 2.24) is 15.2 Å². The number of amides is 1. The Hall–Kier alpha value is -4.04. The first-order chi connectivity index (χ1) is 20.0. The molecule has 0 saturated carbocycles. The van der Waals surface area contributed by atoms with E-state index in [9.17, 15) is 9.59 Å². The molecular weight excluding hydrogens is 518 g/mol. The number of hydrogen-bond acceptors (Lipinski definition) is 6. The summed E-state index contributed by atoms with van der Waals surface area (Å²) in [6.07, 6.45) is 13.6. The Kier molecular flexibility index (Phi) is 11.0. The van der Waals surface area contributed by atoms with Crippen molar-refractivity contribution in [3.63, 3.8) is 0 Å². The second-order valence-corrected chi connectivity index (χ2v) is 10.2. The van der Waals surface area contributed by atoms with Crippen LogP contribution in [0.25, 0.3) is 17.0 Å². The van der Waals surface area contributed by atoms with E-state index in [1.54, 1.807) is 31.2 Å². The van der Waals surface area contributed by atoms with Gasteiger partial charge in [0.05, 0.1) is 14.2 Å². The quantitative estimate of drug-likeness (QED) is 0.0898. The van der Waals surface area contributed by atoms with Gasteiger partial charge in [0.25, 0.3) is 0 Å². The normalized spacial score (nSPS) is 14.6. The third-order valence-electron chi connectivity index (χ3n) is 7.48. The number of hydrogen-bond donors (Lipinski definition) is 2. The predicted octanol–water partition coefficient (Wildman–Crippen LogP) is 5.85. The molecule has 0 spiro atoms. The number of rotatable bonds is 13. The van der Waals surface area contributed by atoms with Gasteiger partial charge < -0.3 is 29.4 Å². The first-order valence-electron chi connectivity index (χ1n) is 14.4. The fourth-order valence-corrected chi connectivity index (χ4v) is 5.22. The van der Waals surface area contributed by atoms with E-state index in [0.717, 1.165) is 38.0 Å². The number of aromatic amines is 1. The van der Waals surface area contributed by atoms with Gasteiger partial charge in [0, 0.05) is 36.1 Å². The summed E-state index contributed by atoms with van der Waals surface area (Å²) in [6, 6.07) is 12.0. The Morgan fingerprint density at radius 3 is 2.49 bits per heavy atom. The minimum Gasteiger partial charge on any atom is -0.493 e. The van der Waals surface area contributed by atoms with Gasteiger partial charge >= 0.3 is 5.97 Å². The molecule has 0 atom stereocenters. The summed E-state index contributed by atoms with van der Waals surface area (Å²) in [7, 11) is 3.01. The number of carbonyl (C=O) groups excluding carboxylic acids is 2. The number of H-pyrrole nitrogens is 1. The molecule has 1 saturated heterocycles. The Morgan fingerprint density at radius 1 is 1.05 bits per heavy atom. The Bertz CT molecular complexity index is 1340. The smallest absolute Gasteiger partial charge is 0.311 e. The van der Waals surface area contributed by atoms with Crippen LogP contribution in [0.3, 0.4) is 0 Å². The number of nitrogens with zero attached hydrogens (tertiary/aromatic N) is 1. The van der Waals surface area contributed by atoms with Gasteiger partial charge in [-0.3, -0.25) is 9.59 Å². The van der Waals surface area contributed by atoms with E-state index in [4.69, 9.17) is 14.2 Å². The minimum absolute atomic E-state index is 0.119. The maximum Gasteiger partial charge on any atom is 0.311 e. The number of allylic oxidation sites excluding steroid dienone is 2. The van der Waals surface area contributed by atoms with Gasteiger partial charge in [-0.15, -0.1) is 0 Å². The van der Waals surface area contributed by atoms with Gasteiger partial charge in [0.15, 0.2) is 11.5 Å². The molecule has 41 heavy (non-hydrogen) atoms. The van der Waals surface area contributed by atoms with Crippen molar-refractivity contribution in [2.45, 2.75) is 44.9 Å². The molecule has 218 valence electrons. The summed E-state index contributed by atoms with van der Waals surface area (Å²) in [5.74, 6) is 1.17. The van der Waals surface area contributed by atoms with Crippen molar-refractivity contribution in [2.75, 3.05) is 40.4 Å². The van der Waals surface area contributed by atoms with Gasteiger partial charge in [-0.1, -0.05) is 43.4 Å². The second kappa shape index (κ2) is 15.1. The van der Waals surface area contributed by atoms with Gasteiger partial charge in [-0.05, 0) is 80.6 Å². The molecule has 0 radical (unpaired) electrons. The van der Waals surface area contributed by atoms with Crippen LogP contribution in [0, 0.1) is 0 Å². The lowest BCUT2D eigenvalue weighted by Crippen LogP contribution is -2.34. The van der Waals surface area contributed by atoms with Crippen LogP contribution in [0.1, 0.15) is 56.1 Å². The molecule has 1 amide bonds. The fraction of sp³-hybridized carbons (Fsp3) is 0.394. The average Bonchev–Trinajstić information content (AvgIpc) is 3.44. The molecule has 1 aliphatic rings. The molecule has 8 heteroatoms. The highest BCUT2D eigenvalue weighted by molar-refractivity contribution is 5.88. The molecule has 8 nitrogen and oxygen atoms in total. The molecule has 3 aromatic rings. The van der Waals surface area contributed by atoms with Gasteiger partial charge in [0.2, 0.25) is 11.7 Å². The van der Waals surface area contributed by atoms with Crippen molar-refractivity contribution in [3.8, 4) is 17.2 Å².